The average Bonchev–Trinajstić information content (AvgIpc) is 3.11. The molecule has 1 heterocycles. The molecule has 156 valence electrons. The van der Waals surface area contributed by atoms with Crippen LogP contribution in [0.15, 0.2) is 66.7 Å². The highest BCUT2D eigenvalue weighted by atomic mass is 19.4. The van der Waals surface area contributed by atoms with Gasteiger partial charge in [0.2, 0.25) is 0 Å². The molecule has 0 N–H and O–H groups in total. The molecule has 0 unspecified atom stereocenters. The van der Waals surface area contributed by atoms with Crippen molar-refractivity contribution in [3.63, 3.8) is 0 Å². The minimum atomic E-state index is -4.90. The summed E-state index contributed by atoms with van der Waals surface area (Å²) in [4.78, 5) is 24.8. The lowest BCUT2D eigenvalue weighted by atomic mass is 10.0. The summed E-state index contributed by atoms with van der Waals surface area (Å²) in [5, 5.41) is 22.1. The van der Waals surface area contributed by atoms with E-state index in [-0.39, 0.29) is 22.6 Å². The molecule has 0 saturated heterocycles. The maximum absolute atomic E-state index is 13.8. The van der Waals surface area contributed by atoms with E-state index in [1.165, 1.54) is 16.7 Å². The van der Waals surface area contributed by atoms with Gasteiger partial charge in [-0.15, -0.1) is 0 Å². The van der Waals surface area contributed by atoms with Crippen LogP contribution >= 0.6 is 0 Å². The van der Waals surface area contributed by atoms with E-state index < -0.39 is 27.3 Å². The first kappa shape index (κ1) is 20.0. The van der Waals surface area contributed by atoms with Gasteiger partial charge >= 0.3 is 6.18 Å². The van der Waals surface area contributed by atoms with E-state index in [1.807, 2.05) is 0 Å². The Morgan fingerprint density at radius 3 is 2.06 bits per heavy atom. The standard InChI is InChI=1S/C20H11F3N4O4/c21-20(22,23)16-10-13(26(28)29)6-8-15(16)19-24-17-11-14(27(30)31)7-9-18(17)25(19)12-4-2-1-3-5-12/h1-11H. The van der Waals surface area contributed by atoms with Gasteiger partial charge in [-0.3, -0.25) is 24.8 Å². The number of nitro benzene ring substituents is 2. The Morgan fingerprint density at radius 2 is 1.45 bits per heavy atom. The van der Waals surface area contributed by atoms with Crippen molar-refractivity contribution in [3.05, 3.63) is 92.5 Å². The van der Waals surface area contributed by atoms with E-state index in [0.717, 1.165) is 18.2 Å². The highest BCUT2D eigenvalue weighted by Crippen LogP contribution is 2.40. The molecule has 0 bridgehead atoms. The number of non-ortho nitro benzene ring substituents is 2. The van der Waals surface area contributed by atoms with E-state index in [2.05, 4.69) is 4.98 Å². The summed E-state index contributed by atoms with van der Waals surface area (Å²) < 4.78 is 42.8. The fourth-order valence-electron chi connectivity index (χ4n) is 3.28. The molecule has 0 spiro atoms. The van der Waals surface area contributed by atoms with E-state index in [0.29, 0.717) is 17.3 Å². The normalized spacial score (nSPS) is 11.6. The van der Waals surface area contributed by atoms with Gasteiger partial charge in [0.05, 0.1) is 26.4 Å². The molecule has 0 radical (unpaired) electrons. The smallest absolute Gasteiger partial charge is 0.292 e. The lowest BCUT2D eigenvalue weighted by Crippen LogP contribution is -2.10. The number of hydrogen-bond acceptors (Lipinski definition) is 5. The van der Waals surface area contributed by atoms with Crippen LogP contribution < -0.4 is 0 Å². The topological polar surface area (TPSA) is 104 Å². The maximum atomic E-state index is 13.8. The van der Waals surface area contributed by atoms with Crippen molar-refractivity contribution in [1.29, 1.82) is 0 Å². The largest absolute Gasteiger partial charge is 0.417 e. The third-order valence-electron chi connectivity index (χ3n) is 4.62. The van der Waals surface area contributed by atoms with Crippen LogP contribution in [-0.2, 0) is 6.18 Å². The Bertz CT molecular complexity index is 1330. The second kappa shape index (κ2) is 7.20. The molecule has 0 aliphatic rings. The third kappa shape index (κ3) is 3.56. The van der Waals surface area contributed by atoms with Crippen LogP contribution in [0.5, 0.6) is 0 Å². The van der Waals surface area contributed by atoms with E-state index in [4.69, 9.17) is 0 Å². The van der Waals surface area contributed by atoms with Gasteiger partial charge in [0, 0.05) is 35.5 Å². The molecule has 1 aromatic heterocycles. The fraction of sp³-hybridized carbons (Fsp3) is 0.0500. The number of imidazole rings is 1. The molecule has 4 rings (SSSR count). The first-order valence-electron chi connectivity index (χ1n) is 8.75. The highest BCUT2D eigenvalue weighted by molar-refractivity contribution is 5.85. The Hall–Kier alpha value is -4.28. The molecule has 31 heavy (non-hydrogen) atoms. The molecular weight excluding hydrogens is 417 g/mol. The Balaban J connectivity index is 2.08. The van der Waals surface area contributed by atoms with Gasteiger partial charge in [-0.05, 0) is 24.3 Å². The van der Waals surface area contributed by atoms with E-state index in [1.54, 1.807) is 30.3 Å². The summed E-state index contributed by atoms with van der Waals surface area (Å²) in [5.74, 6) is -0.149. The van der Waals surface area contributed by atoms with Crippen molar-refractivity contribution < 1.29 is 23.0 Å². The number of fused-ring (bicyclic) bond motifs is 1. The van der Waals surface area contributed by atoms with Crippen molar-refractivity contribution in [2.24, 2.45) is 0 Å². The van der Waals surface area contributed by atoms with Crippen LogP contribution in [0.1, 0.15) is 5.56 Å². The van der Waals surface area contributed by atoms with Crippen LogP contribution in [0.3, 0.4) is 0 Å². The summed E-state index contributed by atoms with van der Waals surface area (Å²) in [7, 11) is 0. The quantitative estimate of drug-likeness (QED) is 0.314. The predicted molar refractivity (Wildman–Crippen MR) is 105 cm³/mol. The van der Waals surface area contributed by atoms with Gasteiger partial charge in [0.15, 0.2) is 0 Å². The minimum absolute atomic E-state index is 0.111. The molecule has 0 atom stereocenters. The SMILES string of the molecule is O=[N+]([O-])c1ccc(-c2nc3cc([N+](=O)[O-])ccc3n2-c2ccccc2)c(C(F)(F)F)c1. The molecule has 0 aliphatic carbocycles. The fourth-order valence-corrected chi connectivity index (χ4v) is 3.28. The maximum Gasteiger partial charge on any atom is 0.417 e. The van der Waals surface area contributed by atoms with Crippen LogP contribution in [0.2, 0.25) is 0 Å². The summed E-state index contributed by atoms with van der Waals surface area (Å²) in [6.45, 7) is 0. The van der Waals surface area contributed by atoms with Crippen molar-refractivity contribution in [2.45, 2.75) is 6.18 Å². The third-order valence-corrected chi connectivity index (χ3v) is 4.62. The number of aromatic nitrogens is 2. The number of halogens is 3. The van der Waals surface area contributed by atoms with Crippen LogP contribution in [-0.4, -0.2) is 19.4 Å². The number of alkyl halides is 3. The predicted octanol–water partition coefficient (Wildman–Crippen LogP) is 5.53. The number of hydrogen-bond donors (Lipinski definition) is 0. The summed E-state index contributed by atoms with van der Waals surface area (Å²) in [6, 6.07) is 14.5. The molecule has 8 nitrogen and oxygen atoms in total. The zero-order valence-corrected chi connectivity index (χ0v) is 15.4. The van der Waals surface area contributed by atoms with Gasteiger partial charge in [0.1, 0.15) is 5.82 Å². The summed E-state index contributed by atoms with van der Waals surface area (Å²) in [6.07, 6.45) is -4.90. The molecule has 0 amide bonds. The van der Waals surface area contributed by atoms with Crippen LogP contribution in [0.25, 0.3) is 28.1 Å². The van der Waals surface area contributed by atoms with Crippen LogP contribution in [0, 0.1) is 20.2 Å². The number of nitrogens with zero attached hydrogens (tertiary/aromatic N) is 4. The lowest BCUT2D eigenvalue weighted by Gasteiger charge is -2.14. The second-order valence-electron chi connectivity index (χ2n) is 6.52. The zero-order valence-electron chi connectivity index (χ0n) is 15.4. The van der Waals surface area contributed by atoms with Gasteiger partial charge in [0.25, 0.3) is 11.4 Å². The Kier molecular flexibility index (Phi) is 4.65. The second-order valence-corrected chi connectivity index (χ2v) is 6.52. The van der Waals surface area contributed by atoms with Crippen molar-refractivity contribution in [3.8, 4) is 17.1 Å². The zero-order chi connectivity index (χ0) is 22.3. The number of nitro groups is 2. The number of benzene rings is 3. The van der Waals surface area contributed by atoms with Crippen molar-refractivity contribution in [1.82, 2.24) is 9.55 Å². The molecule has 0 saturated carbocycles. The summed E-state index contributed by atoms with van der Waals surface area (Å²) in [5.41, 5.74) is -1.67. The Morgan fingerprint density at radius 1 is 0.839 bits per heavy atom. The highest BCUT2D eigenvalue weighted by Gasteiger charge is 2.37. The molecular formula is C20H11F3N4O4. The summed E-state index contributed by atoms with van der Waals surface area (Å²) >= 11 is 0. The van der Waals surface area contributed by atoms with Crippen LogP contribution in [0.4, 0.5) is 24.5 Å². The molecule has 0 fully saturated rings. The first-order valence-corrected chi connectivity index (χ1v) is 8.75. The van der Waals surface area contributed by atoms with Crippen molar-refractivity contribution in [2.75, 3.05) is 0 Å². The van der Waals surface area contributed by atoms with Crippen molar-refractivity contribution >= 4 is 22.4 Å². The molecule has 0 aliphatic heterocycles. The monoisotopic (exact) mass is 428 g/mol. The van der Waals surface area contributed by atoms with Gasteiger partial charge < -0.3 is 0 Å². The van der Waals surface area contributed by atoms with Gasteiger partial charge in [-0.25, -0.2) is 4.98 Å². The lowest BCUT2D eigenvalue weighted by molar-refractivity contribution is -0.385. The number of para-hydroxylation sites is 1. The van der Waals surface area contributed by atoms with Gasteiger partial charge in [-0.2, -0.15) is 13.2 Å². The van der Waals surface area contributed by atoms with Gasteiger partial charge in [-0.1, -0.05) is 18.2 Å². The van der Waals surface area contributed by atoms with E-state index in [9.17, 15) is 33.4 Å². The average molecular weight is 428 g/mol. The first-order chi connectivity index (χ1) is 14.7. The minimum Gasteiger partial charge on any atom is -0.292 e. The molecule has 11 heteroatoms. The van der Waals surface area contributed by atoms with E-state index >= 15 is 0 Å². The number of rotatable bonds is 4. The molecule has 3 aromatic carbocycles. The Labute approximate surface area is 171 Å². The molecule has 4 aromatic rings.